The maximum Gasteiger partial charge on any atom is 0.347 e. The quantitative estimate of drug-likeness (QED) is 0.823. The van der Waals surface area contributed by atoms with Crippen molar-refractivity contribution in [2.75, 3.05) is 19.6 Å². The van der Waals surface area contributed by atoms with Crippen molar-refractivity contribution in [1.82, 2.24) is 9.62 Å². The first-order valence-corrected chi connectivity index (χ1v) is 8.86. The Bertz CT molecular complexity index is 582. The molecule has 1 saturated heterocycles. The lowest BCUT2D eigenvalue weighted by Crippen LogP contribution is -2.40. The third-order valence-electron chi connectivity index (χ3n) is 3.53. The normalized spacial score (nSPS) is 20.4. The van der Waals surface area contributed by atoms with Gasteiger partial charge in [0.1, 0.15) is 9.77 Å². The summed E-state index contributed by atoms with van der Waals surface area (Å²) >= 11 is 0.919. The van der Waals surface area contributed by atoms with E-state index in [1.807, 2.05) is 6.92 Å². The Morgan fingerprint density at radius 2 is 2.35 bits per heavy atom. The molecule has 0 amide bonds. The van der Waals surface area contributed by atoms with E-state index < -0.39 is 16.0 Å². The highest BCUT2D eigenvalue weighted by molar-refractivity contribution is 7.89. The van der Waals surface area contributed by atoms with Crippen molar-refractivity contribution in [2.24, 2.45) is 0 Å². The molecule has 1 aliphatic heterocycles. The summed E-state index contributed by atoms with van der Waals surface area (Å²) in [6, 6.07) is 1.53. The van der Waals surface area contributed by atoms with Crippen molar-refractivity contribution in [3.05, 3.63) is 16.3 Å². The van der Waals surface area contributed by atoms with Gasteiger partial charge in [0.05, 0.1) is 0 Å². The van der Waals surface area contributed by atoms with E-state index in [1.165, 1.54) is 11.4 Å². The second-order valence-corrected chi connectivity index (χ2v) is 7.35. The minimum absolute atomic E-state index is 0.142. The average molecular weight is 318 g/mol. The van der Waals surface area contributed by atoms with Crippen LogP contribution in [-0.2, 0) is 10.0 Å². The molecule has 8 heteroatoms. The number of nitrogens with one attached hydrogen (secondary N) is 1. The average Bonchev–Trinajstić information content (AvgIpc) is 3.05. The van der Waals surface area contributed by atoms with Gasteiger partial charge in [-0.3, -0.25) is 4.90 Å². The predicted octanol–water partition coefficient (Wildman–Crippen LogP) is 1.21. The van der Waals surface area contributed by atoms with Crippen LogP contribution in [0.1, 0.15) is 29.4 Å². The predicted molar refractivity (Wildman–Crippen MR) is 76.7 cm³/mol. The molecule has 1 aromatic rings. The molecule has 112 valence electrons. The Morgan fingerprint density at radius 3 is 3.00 bits per heavy atom. The number of carboxylic acid groups (broad SMARTS) is 1. The number of sulfonamides is 1. The largest absolute Gasteiger partial charge is 0.477 e. The summed E-state index contributed by atoms with van der Waals surface area (Å²) < 4.78 is 26.9. The van der Waals surface area contributed by atoms with E-state index in [1.54, 1.807) is 0 Å². The van der Waals surface area contributed by atoms with Gasteiger partial charge in [-0.15, -0.1) is 11.3 Å². The first kappa shape index (κ1) is 15.4. The molecular weight excluding hydrogens is 300 g/mol. The lowest BCUT2D eigenvalue weighted by Gasteiger charge is -2.22. The molecule has 0 saturated carbocycles. The molecule has 1 aliphatic rings. The van der Waals surface area contributed by atoms with E-state index >= 15 is 0 Å². The van der Waals surface area contributed by atoms with Gasteiger partial charge in [-0.1, -0.05) is 6.92 Å². The van der Waals surface area contributed by atoms with Crippen LogP contribution in [0.3, 0.4) is 0 Å². The van der Waals surface area contributed by atoms with Gasteiger partial charge in [0, 0.05) is 12.6 Å². The first-order valence-electron chi connectivity index (χ1n) is 6.50. The Kier molecular flexibility index (Phi) is 4.79. The molecule has 2 heterocycles. The summed E-state index contributed by atoms with van der Waals surface area (Å²) in [5.41, 5.74) is 0. The molecule has 0 bridgehead atoms. The summed E-state index contributed by atoms with van der Waals surface area (Å²) in [6.45, 7) is 4.26. The summed E-state index contributed by atoms with van der Waals surface area (Å²) in [6.07, 6.45) is 2.03. The lowest BCUT2D eigenvalue weighted by molar-refractivity contribution is 0.0698. The number of nitrogens with zero attached hydrogens (tertiary/aromatic N) is 1. The summed E-state index contributed by atoms with van der Waals surface area (Å²) in [5, 5.41) is 10.5. The van der Waals surface area contributed by atoms with Crippen LogP contribution in [0.15, 0.2) is 16.3 Å². The zero-order chi connectivity index (χ0) is 14.8. The molecule has 2 rings (SSSR count). The van der Waals surface area contributed by atoms with Gasteiger partial charge < -0.3 is 5.11 Å². The summed E-state index contributed by atoms with van der Waals surface area (Å²) in [5.74, 6) is -1.21. The van der Waals surface area contributed by atoms with Crippen LogP contribution in [0.4, 0.5) is 0 Å². The second-order valence-electron chi connectivity index (χ2n) is 4.70. The number of likely N-dealkylation sites (tertiary alicyclic amines) is 1. The van der Waals surface area contributed by atoms with E-state index in [0.29, 0.717) is 6.54 Å². The zero-order valence-corrected chi connectivity index (χ0v) is 12.8. The van der Waals surface area contributed by atoms with Crippen molar-refractivity contribution in [1.29, 1.82) is 0 Å². The smallest absolute Gasteiger partial charge is 0.347 e. The monoisotopic (exact) mass is 318 g/mol. The van der Waals surface area contributed by atoms with Crippen LogP contribution in [0.5, 0.6) is 0 Å². The Labute approximate surface area is 122 Å². The summed E-state index contributed by atoms with van der Waals surface area (Å²) in [7, 11) is -3.76. The molecular formula is C12H18N2O4S2. The van der Waals surface area contributed by atoms with E-state index in [-0.39, 0.29) is 15.8 Å². The standard InChI is InChI=1S/C12H18N2O4S2/c1-2-14-6-3-4-9(14)8-13-20(17,18)10-5-7-19-11(10)12(15)16/h5,7,9,13H,2-4,6,8H2,1H3,(H,15,16). The van der Waals surface area contributed by atoms with Gasteiger partial charge in [-0.25, -0.2) is 17.9 Å². The van der Waals surface area contributed by atoms with Gasteiger partial charge >= 0.3 is 5.97 Å². The molecule has 0 aliphatic carbocycles. The second kappa shape index (κ2) is 6.21. The summed E-state index contributed by atoms with van der Waals surface area (Å²) in [4.78, 5) is 12.9. The Balaban J connectivity index is 2.08. The molecule has 6 nitrogen and oxygen atoms in total. The molecule has 0 radical (unpaired) electrons. The molecule has 0 aromatic carbocycles. The van der Waals surface area contributed by atoms with Crippen molar-refractivity contribution in [3.8, 4) is 0 Å². The molecule has 20 heavy (non-hydrogen) atoms. The minimum Gasteiger partial charge on any atom is -0.477 e. The van der Waals surface area contributed by atoms with Crippen LogP contribution in [0, 0.1) is 0 Å². The SMILES string of the molecule is CCN1CCCC1CNS(=O)(=O)c1ccsc1C(=O)O. The highest BCUT2D eigenvalue weighted by Gasteiger charge is 2.27. The van der Waals surface area contributed by atoms with Crippen molar-refractivity contribution in [2.45, 2.75) is 30.7 Å². The van der Waals surface area contributed by atoms with Gasteiger partial charge in [0.2, 0.25) is 10.0 Å². The zero-order valence-electron chi connectivity index (χ0n) is 11.2. The third-order valence-corrected chi connectivity index (χ3v) is 6.02. The lowest BCUT2D eigenvalue weighted by atomic mass is 10.2. The fourth-order valence-electron chi connectivity index (χ4n) is 2.49. The van der Waals surface area contributed by atoms with Crippen LogP contribution < -0.4 is 4.72 Å². The number of rotatable bonds is 6. The molecule has 1 fully saturated rings. The van der Waals surface area contributed by atoms with Crippen LogP contribution in [0.2, 0.25) is 0 Å². The number of carboxylic acids is 1. The maximum absolute atomic E-state index is 12.2. The van der Waals surface area contributed by atoms with Gasteiger partial charge in [0.15, 0.2) is 0 Å². The topological polar surface area (TPSA) is 86.7 Å². The van der Waals surface area contributed by atoms with E-state index in [4.69, 9.17) is 5.11 Å². The fraction of sp³-hybridized carbons (Fsp3) is 0.583. The highest BCUT2D eigenvalue weighted by atomic mass is 32.2. The third kappa shape index (κ3) is 3.20. The molecule has 1 atom stereocenters. The van der Waals surface area contributed by atoms with E-state index in [9.17, 15) is 13.2 Å². The van der Waals surface area contributed by atoms with Gasteiger partial charge in [-0.05, 0) is 37.4 Å². The van der Waals surface area contributed by atoms with Gasteiger partial charge in [0.25, 0.3) is 0 Å². The molecule has 0 spiro atoms. The number of hydrogen-bond donors (Lipinski definition) is 2. The Morgan fingerprint density at radius 1 is 1.60 bits per heavy atom. The minimum atomic E-state index is -3.76. The molecule has 1 unspecified atom stereocenters. The van der Waals surface area contributed by atoms with Crippen LogP contribution in [-0.4, -0.2) is 50.1 Å². The number of carbonyl (C=O) groups is 1. The number of hydrogen-bond acceptors (Lipinski definition) is 5. The highest BCUT2D eigenvalue weighted by Crippen LogP contribution is 2.22. The van der Waals surface area contributed by atoms with Gasteiger partial charge in [-0.2, -0.15) is 0 Å². The van der Waals surface area contributed by atoms with E-state index in [2.05, 4.69) is 9.62 Å². The van der Waals surface area contributed by atoms with Crippen molar-refractivity contribution in [3.63, 3.8) is 0 Å². The first-order chi connectivity index (χ1) is 9.45. The van der Waals surface area contributed by atoms with Crippen LogP contribution >= 0.6 is 11.3 Å². The fourth-order valence-corrected chi connectivity index (χ4v) is 4.82. The number of likely N-dealkylation sites (N-methyl/N-ethyl adjacent to an activating group) is 1. The maximum atomic E-state index is 12.2. The number of aromatic carboxylic acids is 1. The van der Waals surface area contributed by atoms with Crippen LogP contribution in [0.25, 0.3) is 0 Å². The molecule has 2 N–H and O–H groups in total. The van der Waals surface area contributed by atoms with Crippen molar-refractivity contribution >= 4 is 27.3 Å². The molecule has 1 aromatic heterocycles. The van der Waals surface area contributed by atoms with Crippen molar-refractivity contribution < 1.29 is 18.3 Å². The number of thiophene rings is 1. The Hall–Kier alpha value is -0.960. The van der Waals surface area contributed by atoms with E-state index in [0.717, 1.165) is 37.3 Å².